The number of aryl methyl sites for hydroxylation is 2. The lowest BCUT2D eigenvalue weighted by Crippen LogP contribution is -2.39. The van der Waals surface area contributed by atoms with Gasteiger partial charge in [0.25, 0.3) is 5.91 Å². The Kier molecular flexibility index (Phi) is 4.24. The first-order chi connectivity index (χ1) is 11.0. The van der Waals surface area contributed by atoms with Crippen LogP contribution >= 0.6 is 0 Å². The van der Waals surface area contributed by atoms with E-state index in [1.165, 1.54) is 11.1 Å². The van der Waals surface area contributed by atoms with Gasteiger partial charge in [0.05, 0.1) is 12.6 Å². The smallest absolute Gasteiger partial charge is 0.254 e. The predicted molar refractivity (Wildman–Crippen MR) is 91.7 cm³/mol. The van der Waals surface area contributed by atoms with Crippen molar-refractivity contribution in [3.63, 3.8) is 0 Å². The second-order valence-corrected chi connectivity index (χ2v) is 6.66. The molecule has 1 aliphatic heterocycles. The van der Waals surface area contributed by atoms with Gasteiger partial charge in [0.2, 0.25) is 0 Å². The SMILES string of the molecule is Cc1cc(C)c(C)c(C(=O)N2CCCC2Cn2cccn2)c1C. The van der Waals surface area contributed by atoms with Crippen LogP contribution in [0.1, 0.15) is 45.5 Å². The second-order valence-electron chi connectivity index (χ2n) is 6.66. The molecule has 0 bridgehead atoms. The van der Waals surface area contributed by atoms with Crippen molar-refractivity contribution >= 4 is 5.91 Å². The molecule has 2 heterocycles. The number of hydrogen-bond acceptors (Lipinski definition) is 2. The van der Waals surface area contributed by atoms with Gasteiger partial charge < -0.3 is 4.90 Å². The Morgan fingerprint density at radius 3 is 2.52 bits per heavy atom. The van der Waals surface area contributed by atoms with Crippen molar-refractivity contribution in [2.75, 3.05) is 6.54 Å². The van der Waals surface area contributed by atoms with Crippen molar-refractivity contribution in [2.45, 2.75) is 53.1 Å². The quantitative estimate of drug-likeness (QED) is 0.871. The van der Waals surface area contributed by atoms with Crippen molar-refractivity contribution in [3.8, 4) is 0 Å². The highest BCUT2D eigenvalue weighted by Gasteiger charge is 2.31. The van der Waals surface area contributed by atoms with E-state index < -0.39 is 0 Å². The number of amides is 1. The van der Waals surface area contributed by atoms with Crippen molar-refractivity contribution in [2.24, 2.45) is 0 Å². The number of hydrogen-bond donors (Lipinski definition) is 0. The molecule has 1 atom stereocenters. The molecule has 3 rings (SSSR count). The molecular weight excluding hydrogens is 286 g/mol. The van der Waals surface area contributed by atoms with Gasteiger partial charge in [-0.1, -0.05) is 6.07 Å². The van der Waals surface area contributed by atoms with E-state index in [-0.39, 0.29) is 11.9 Å². The third kappa shape index (κ3) is 2.90. The molecule has 1 aromatic heterocycles. The number of carbonyl (C=O) groups excluding carboxylic acids is 1. The maximum absolute atomic E-state index is 13.2. The van der Waals surface area contributed by atoms with Crippen LogP contribution in [-0.2, 0) is 6.54 Å². The Bertz CT molecular complexity index is 692. The zero-order chi connectivity index (χ0) is 16.6. The van der Waals surface area contributed by atoms with Crippen LogP contribution in [0, 0.1) is 27.7 Å². The largest absolute Gasteiger partial charge is 0.334 e. The fraction of sp³-hybridized carbons (Fsp3) is 0.474. The Morgan fingerprint density at radius 2 is 1.91 bits per heavy atom. The lowest BCUT2D eigenvalue weighted by molar-refractivity contribution is 0.0720. The zero-order valence-corrected chi connectivity index (χ0v) is 14.5. The number of rotatable bonds is 3. The van der Waals surface area contributed by atoms with Gasteiger partial charge in [-0.2, -0.15) is 5.10 Å². The van der Waals surface area contributed by atoms with Gasteiger partial charge >= 0.3 is 0 Å². The standard InChI is InChI=1S/C19H25N3O/c1-13-11-14(2)16(4)18(15(13)3)19(23)22-10-5-7-17(22)12-21-9-6-8-20-21/h6,8-9,11,17H,5,7,10,12H2,1-4H3. The minimum atomic E-state index is 0.182. The van der Waals surface area contributed by atoms with Crippen molar-refractivity contribution in [3.05, 3.63) is 52.3 Å². The molecule has 1 amide bonds. The summed E-state index contributed by atoms with van der Waals surface area (Å²) in [5.74, 6) is 0.182. The van der Waals surface area contributed by atoms with Crippen molar-refractivity contribution in [1.29, 1.82) is 0 Å². The molecule has 1 aromatic carbocycles. The van der Waals surface area contributed by atoms with E-state index in [9.17, 15) is 4.79 Å². The summed E-state index contributed by atoms with van der Waals surface area (Å²) in [6.45, 7) is 9.92. The highest BCUT2D eigenvalue weighted by atomic mass is 16.2. The lowest BCUT2D eigenvalue weighted by Gasteiger charge is -2.27. The number of benzene rings is 1. The van der Waals surface area contributed by atoms with Gasteiger partial charge in [-0.3, -0.25) is 9.48 Å². The summed E-state index contributed by atoms with van der Waals surface area (Å²) < 4.78 is 1.93. The maximum Gasteiger partial charge on any atom is 0.254 e. The van der Waals surface area contributed by atoms with Crippen LogP contribution < -0.4 is 0 Å². The molecule has 2 aromatic rings. The summed E-state index contributed by atoms with van der Waals surface area (Å²) in [7, 11) is 0. The van der Waals surface area contributed by atoms with Gasteiger partial charge in [-0.05, 0) is 68.9 Å². The van der Waals surface area contributed by atoms with Crippen LogP contribution in [0.15, 0.2) is 24.5 Å². The minimum Gasteiger partial charge on any atom is -0.334 e. The summed E-state index contributed by atoms with van der Waals surface area (Å²) in [6.07, 6.45) is 5.88. The van der Waals surface area contributed by atoms with Gasteiger partial charge in [-0.25, -0.2) is 0 Å². The van der Waals surface area contributed by atoms with Crippen LogP contribution in [0.2, 0.25) is 0 Å². The monoisotopic (exact) mass is 311 g/mol. The topological polar surface area (TPSA) is 38.1 Å². The fourth-order valence-corrected chi connectivity index (χ4v) is 3.60. The van der Waals surface area contributed by atoms with E-state index in [1.807, 2.05) is 16.9 Å². The van der Waals surface area contributed by atoms with Crippen LogP contribution in [0.5, 0.6) is 0 Å². The Morgan fingerprint density at radius 1 is 1.22 bits per heavy atom. The lowest BCUT2D eigenvalue weighted by atomic mass is 9.93. The first kappa shape index (κ1) is 15.8. The highest BCUT2D eigenvalue weighted by Crippen LogP contribution is 2.27. The van der Waals surface area contributed by atoms with E-state index in [0.29, 0.717) is 0 Å². The van der Waals surface area contributed by atoms with E-state index >= 15 is 0 Å². The molecule has 122 valence electrons. The molecule has 0 spiro atoms. The Hall–Kier alpha value is -2.10. The van der Waals surface area contributed by atoms with Crippen molar-refractivity contribution in [1.82, 2.24) is 14.7 Å². The molecule has 4 nitrogen and oxygen atoms in total. The molecule has 0 radical (unpaired) electrons. The van der Waals surface area contributed by atoms with Gasteiger partial charge in [0.1, 0.15) is 0 Å². The molecule has 0 aliphatic carbocycles. The molecular formula is C19H25N3O. The Labute approximate surface area is 138 Å². The first-order valence-electron chi connectivity index (χ1n) is 8.35. The number of carbonyl (C=O) groups is 1. The third-order valence-electron chi connectivity index (χ3n) is 5.17. The first-order valence-corrected chi connectivity index (χ1v) is 8.35. The van der Waals surface area contributed by atoms with Crippen LogP contribution in [0.3, 0.4) is 0 Å². The number of nitrogens with zero attached hydrogens (tertiary/aromatic N) is 3. The van der Waals surface area contributed by atoms with E-state index in [0.717, 1.165) is 42.6 Å². The van der Waals surface area contributed by atoms with Crippen LogP contribution in [0.25, 0.3) is 0 Å². The normalized spacial score (nSPS) is 17.7. The number of aromatic nitrogens is 2. The van der Waals surface area contributed by atoms with E-state index in [4.69, 9.17) is 0 Å². The summed E-state index contributed by atoms with van der Waals surface area (Å²) in [4.78, 5) is 15.3. The van der Waals surface area contributed by atoms with E-state index in [1.54, 1.807) is 6.20 Å². The average Bonchev–Trinajstić information content (AvgIpc) is 3.17. The Balaban J connectivity index is 1.90. The number of likely N-dealkylation sites (tertiary alicyclic amines) is 1. The summed E-state index contributed by atoms with van der Waals surface area (Å²) in [6, 6.07) is 4.34. The molecule has 0 saturated carbocycles. The third-order valence-corrected chi connectivity index (χ3v) is 5.17. The fourth-order valence-electron chi connectivity index (χ4n) is 3.60. The van der Waals surface area contributed by atoms with Crippen molar-refractivity contribution < 1.29 is 4.79 Å². The molecule has 1 saturated heterocycles. The highest BCUT2D eigenvalue weighted by molar-refractivity contribution is 5.98. The molecule has 0 N–H and O–H groups in total. The summed E-state index contributed by atoms with van der Waals surface area (Å²) in [5, 5.41) is 4.29. The average molecular weight is 311 g/mol. The summed E-state index contributed by atoms with van der Waals surface area (Å²) in [5.41, 5.74) is 5.51. The molecule has 1 unspecified atom stereocenters. The summed E-state index contributed by atoms with van der Waals surface area (Å²) >= 11 is 0. The van der Waals surface area contributed by atoms with Gasteiger partial charge in [0.15, 0.2) is 0 Å². The van der Waals surface area contributed by atoms with Crippen LogP contribution in [0.4, 0.5) is 0 Å². The molecule has 1 fully saturated rings. The zero-order valence-electron chi connectivity index (χ0n) is 14.5. The predicted octanol–water partition coefficient (Wildman–Crippen LogP) is 3.42. The molecule has 4 heteroatoms. The van der Waals surface area contributed by atoms with Gasteiger partial charge in [0, 0.05) is 24.5 Å². The second kappa shape index (κ2) is 6.19. The van der Waals surface area contributed by atoms with Crippen LogP contribution in [-0.4, -0.2) is 33.2 Å². The van der Waals surface area contributed by atoms with E-state index in [2.05, 4.69) is 43.8 Å². The molecule has 1 aliphatic rings. The molecule has 23 heavy (non-hydrogen) atoms. The van der Waals surface area contributed by atoms with Gasteiger partial charge in [-0.15, -0.1) is 0 Å². The minimum absolute atomic E-state index is 0.182. The maximum atomic E-state index is 13.2.